The van der Waals surface area contributed by atoms with Gasteiger partial charge in [-0.15, -0.1) is 8.78 Å². The van der Waals surface area contributed by atoms with Crippen LogP contribution in [-0.2, 0) is 28.5 Å². The van der Waals surface area contributed by atoms with E-state index in [1.807, 2.05) is 0 Å². The van der Waals surface area contributed by atoms with Crippen molar-refractivity contribution in [3.8, 4) is 11.5 Å². The highest BCUT2D eigenvalue weighted by molar-refractivity contribution is 5.95. The first-order valence-corrected chi connectivity index (χ1v) is 11.3. The van der Waals surface area contributed by atoms with Gasteiger partial charge in [0, 0.05) is 28.4 Å². The third-order valence-electron chi connectivity index (χ3n) is 6.63. The van der Waals surface area contributed by atoms with Crippen LogP contribution >= 0.6 is 0 Å². The van der Waals surface area contributed by atoms with Gasteiger partial charge in [0.05, 0.1) is 39.7 Å². The molecule has 1 aliphatic heterocycles. The van der Waals surface area contributed by atoms with Crippen LogP contribution in [0.2, 0.25) is 0 Å². The molecule has 2 aromatic carbocycles. The zero-order chi connectivity index (χ0) is 36.5. The second-order valence-electron chi connectivity index (χ2n) is 9.44. The van der Waals surface area contributed by atoms with Crippen LogP contribution in [0, 0.1) is 5.82 Å². The molecule has 2 N–H and O–H groups in total. The largest absolute Gasteiger partial charge is 0.586 e. The number of aliphatic hydroxyl groups excluding tert-OH is 1. The maximum atomic E-state index is 15.9. The Balaban J connectivity index is 1.69. The fraction of sp³-hybridized carbons (Fsp3) is 0.464. The Morgan fingerprint density at radius 1 is 1.27 bits per heavy atom. The SMILES string of the molecule is [2H]c1c([2H])c(C2(C(=O)Cc3cc4cc(C(C)(C)CC)n(C([2H])([2H])[C@@H](O)C([2H])([2H])O)c4cc3F)C([2H])([2H])C2([2H])[2H])c([2H])c2c1OC(F)(F)O2. The predicted molar refractivity (Wildman–Crippen MR) is 131 cm³/mol. The number of aromatic nitrogens is 1. The highest BCUT2D eigenvalue weighted by Crippen LogP contribution is 2.52. The standard InChI is InChI=1S/C28H30F3NO5/c1-4-26(2,3)24-10-17-9-16(20(29)13-21(17)32(24)14-19(34)15-33)11-25(35)27(7-8-27)18-5-6-22-23(12-18)37-28(30,31)36-22/h5-6,9-10,12-13,19,33-34H,4,7-8,11,14-15H2,1-3H3/t19-/m1/s1/i5D,6D,7D2,8D2,12D,14D2,15D2. The van der Waals surface area contributed by atoms with Crippen molar-refractivity contribution < 1.29 is 52.7 Å². The van der Waals surface area contributed by atoms with Crippen molar-refractivity contribution in [2.24, 2.45) is 0 Å². The molecule has 0 bridgehead atoms. The van der Waals surface area contributed by atoms with E-state index in [2.05, 4.69) is 9.47 Å². The van der Waals surface area contributed by atoms with E-state index in [9.17, 15) is 23.8 Å². The molecule has 3 aromatic rings. The number of benzene rings is 2. The number of halogens is 3. The second kappa shape index (κ2) is 8.77. The Morgan fingerprint density at radius 3 is 2.62 bits per heavy atom. The van der Waals surface area contributed by atoms with Gasteiger partial charge in [0.25, 0.3) is 0 Å². The lowest BCUT2D eigenvalue weighted by Gasteiger charge is -2.26. The van der Waals surface area contributed by atoms with Crippen molar-refractivity contribution in [3.63, 3.8) is 0 Å². The molecule has 2 aliphatic rings. The number of carbonyl (C=O) groups excluding carboxylic acids is 1. The molecule has 37 heavy (non-hydrogen) atoms. The van der Waals surface area contributed by atoms with Gasteiger partial charge in [-0.1, -0.05) is 26.8 Å². The summed E-state index contributed by atoms with van der Waals surface area (Å²) < 4.78 is 144. The summed E-state index contributed by atoms with van der Waals surface area (Å²) in [7, 11) is 0. The minimum Gasteiger partial charge on any atom is -0.395 e. The summed E-state index contributed by atoms with van der Waals surface area (Å²) in [6.07, 6.45) is -14.1. The minimum atomic E-state index is -4.37. The molecule has 9 heteroatoms. The van der Waals surface area contributed by atoms with Gasteiger partial charge in [0.2, 0.25) is 0 Å². The summed E-state index contributed by atoms with van der Waals surface area (Å²) in [5.41, 5.74) is -5.56. The van der Waals surface area contributed by atoms with Crippen LogP contribution in [0.4, 0.5) is 13.2 Å². The minimum absolute atomic E-state index is 0.0577. The van der Waals surface area contributed by atoms with Crippen molar-refractivity contribution in [1.29, 1.82) is 0 Å². The average Bonchev–Trinajstić information content (AvgIpc) is 3.31. The van der Waals surface area contributed by atoms with Crippen LogP contribution in [0.3, 0.4) is 0 Å². The lowest BCUT2D eigenvalue weighted by molar-refractivity contribution is -0.286. The molecule has 6 nitrogen and oxygen atoms in total. The Hall–Kier alpha value is -3.04. The van der Waals surface area contributed by atoms with E-state index < -0.39 is 108 Å². The summed E-state index contributed by atoms with van der Waals surface area (Å²) in [5, 5.41) is 20.3. The highest BCUT2D eigenvalue weighted by atomic mass is 19.3. The number of hydrogen-bond donors (Lipinski definition) is 2. The van der Waals surface area contributed by atoms with Crippen molar-refractivity contribution in [3.05, 3.63) is 59.0 Å². The average molecular weight is 529 g/mol. The van der Waals surface area contributed by atoms with Gasteiger partial charge in [0.1, 0.15) is 11.6 Å². The van der Waals surface area contributed by atoms with Crippen molar-refractivity contribution >= 4 is 16.7 Å². The van der Waals surface area contributed by atoms with Crippen LogP contribution in [0.5, 0.6) is 11.5 Å². The van der Waals surface area contributed by atoms with Crippen LogP contribution < -0.4 is 9.47 Å². The molecule has 1 aliphatic carbocycles. The lowest BCUT2D eigenvalue weighted by Crippen LogP contribution is -2.26. The molecule has 1 atom stereocenters. The maximum Gasteiger partial charge on any atom is 0.586 e. The summed E-state index contributed by atoms with van der Waals surface area (Å²) in [5.74, 6) is -4.75. The number of Topliss-reactive ketones (excluding diaryl/α,β-unsaturated/α-hetero) is 1. The quantitative estimate of drug-likeness (QED) is 0.409. The van der Waals surface area contributed by atoms with Crippen LogP contribution in [-0.4, -0.2) is 39.5 Å². The monoisotopic (exact) mass is 528 g/mol. The molecule has 0 unspecified atom stereocenters. The van der Waals surface area contributed by atoms with Crippen LogP contribution in [0.1, 0.15) is 71.8 Å². The van der Waals surface area contributed by atoms with Gasteiger partial charge < -0.3 is 24.3 Å². The molecule has 0 spiro atoms. The number of nitrogens with zero attached hydrogens (tertiary/aromatic N) is 1. The Kier molecular flexibility index (Phi) is 3.65. The van der Waals surface area contributed by atoms with Gasteiger partial charge in [-0.25, -0.2) is 4.39 Å². The van der Waals surface area contributed by atoms with E-state index in [1.54, 1.807) is 20.8 Å². The topological polar surface area (TPSA) is 80.9 Å². The van der Waals surface area contributed by atoms with Gasteiger partial charge in [0.15, 0.2) is 11.5 Å². The van der Waals surface area contributed by atoms with E-state index in [4.69, 9.17) is 15.1 Å². The van der Waals surface area contributed by atoms with Crippen LogP contribution in [0.25, 0.3) is 10.9 Å². The normalized spacial score (nSPS) is 26.1. The van der Waals surface area contributed by atoms with Gasteiger partial charge in [-0.3, -0.25) is 4.79 Å². The molecular formula is C28H30F3NO5. The van der Waals surface area contributed by atoms with E-state index in [0.717, 1.165) is 16.7 Å². The van der Waals surface area contributed by atoms with Gasteiger partial charge >= 0.3 is 6.29 Å². The fourth-order valence-corrected chi connectivity index (χ4v) is 4.12. The molecule has 0 radical (unpaired) electrons. The van der Waals surface area contributed by atoms with E-state index in [-0.39, 0.29) is 16.6 Å². The molecule has 0 amide bonds. The van der Waals surface area contributed by atoms with Gasteiger partial charge in [-0.2, -0.15) is 0 Å². The first-order chi connectivity index (χ1) is 21.6. The first-order valence-electron chi connectivity index (χ1n) is 16.8. The lowest BCUT2D eigenvalue weighted by atomic mass is 9.86. The zero-order valence-corrected chi connectivity index (χ0v) is 19.9. The van der Waals surface area contributed by atoms with E-state index in [0.29, 0.717) is 6.42 Å². The number of ketones is 1. The summed E-state index contributed by atoms with van der Waals surface area (Å²) in [4.78, 5) is 14.0. The number of hydrogen-bond acceptors (Lipinski definition) is 5. The van der Waals surface area contributed by atoms with Gasteiger partial charge in [-0.05, 0) is 60.6 Å². The molecule has 1 saturated carbocycles. The van der Waals surface area contributed by atoms with Crippen molar-refractivity contribution in [2.45, 2.75) is 76.1 Å². The maximum absolute atomic E-state index is 15.9. The predicted octanol–water partition coefficient (Wildman–Crippen LogP) is 4.99. The summed E-state index contributed by atoms with van der Waals surface area (Å²) in [6.45, 7) is -1.36. The molecule has 198 valence electrons. The number of carbonyl (C=O) groups is 1. The third-order valence-corrected chi connectivity index (χ3v) is 6.63. The van der Waals surface area contributed by atoms with Crippen LogP contribution in [0.15, 0.2) is 36.3 Å². The fourth-order valence-electron chi connectivity index (χ4n) is 4.12. The van der Waals surface area contributed by atoms with Crippen molar-refractivity contribution in [2.75, 3.05) is 6.56 Å². The molecular weight excluding hydrogens is 487 g/mol. The number of fused-ring (bicyclic) bond motifs is 2. The first kappa shape index (κ1) is 15.4. The van der Waals surface area contributed by atoms with E-state index in [1.165, 1.54) is 6.07 Å². The summed E-state index contributed by atoms with van der Waals surface area (Å²) >= 11 is 0. The molecule has 5 rings (SSSR count). The Labute approximate surface area is 228 Å². The van der Waals surface area contributed by atoms with E-state index >= 15 is 4.39 Å². The number of aliphatic hydroxyl groups is 2. The molecule has 1 fully saturated rings. The number of rotatable bonds is 9. The summed E-state index contributed by atoms with van der Waals surface area (Å²) in [6, 6.07) is -0.228. The smallest absolute Gasteiger partial charge is 0.395 e. The molecule has 2 heterocycles. The number of ether oxygens (including phenoxy) is 2. The second-order valence-corrected chi connectivity index (χ2v) is 9.44. The molecule has 0 saturated heterocycles. The highest BCUT2D eigenvalue weighted by Gasteiger charge is 2.52. The number of alkyl halides is 2. The zero-order valence-electron chi connectivity index (χ0n) is 30.9. The Morgan fingerprint density at radius 2 is 1.97 bits per heavy atom. The molecule has 1 aromatic heterocycles. The van der Waals surface area contributed by atoms with Crippen molar-refractivity contribution in [1.82, 2.24) is 4.57 Å². The third kappa shape index (κ3) is 4.48. The Bertz CT molecular complexity index is 1860.